The summed E-state index contributed by atoms with van der Waals surface area (Å²) < 4.78 is 42.4. The van der Waals surface area contributed by atoms with E-state index in [1.165, 1.54) is 41.4 Å². The second-order valence-electron chi connectivity index (χ2n) is 7.80. The van der Waals surface area contributed by atoms with Gasteiger partial charge in [0.2, 0.25) is 10.0 Å². The van der Waals surface area contributed by atoms with Gasteiger partial charge in [0, 0.05) is 32.2 Å². The van der Waals surface area contributed by atoms with E-state index in [-0.39, 0.29) is 4.90 Å². The monoisotopic (exact) mass is 430 g/mol. The molecule has 1 aromatic carbocycles. The number of benzene rings is 1. The Kier molecular flexibility index (Phi) is 4.90. The van der Waals surface area contributed by atoms with Crippen molar-refractivity contribution >= 4 is 27.0 Å². The topological polar surface area (TPSA) is 84.2 Å². The minimum Gasteiger partial charge on any atom is -0.352 e. The maximum atomic E-state index is 13.1. The molecule has 0 unspecified atom stereocenters. The molecule has 2 fully saturated rings. The van der Waals surface area contributed by atoms with Crippen molar-refractivity contribution in [2.75, 3.05) is 31.1 Å². The molecule has 10 heteroatoms. The lowest BCUT2D eigenvalue weighted by Gasteiger charge is -2.34. The molecular formula is C20H23FN6O2S. The number of fused-ring (bicyclic) bond motifs is 1. The van der Waals surface area contributed by atoms with Gasteiger partial charge in [-0.15, -0.1) is 0 Å². The highest BCUT2D eigenvalue weighted by Crippen LogP contribution is 2.33. The molecule has 30 heavy (non-hydrogen) atoms. The number of sulfonamides is 1. The lowest BCUT2D eigenvalue weighted by molar-refractivity contribution is 0.384. The van der Waals surface area contributed by atoms with Gasteiger partial charge >= 0.3 is 0 Å². The molecular weight excluding hydrogens is 407 g/mol. The fourth-order valence-electron chi connectivity index (χ4n) is 4.42. The van der Waals surface area contributed by atoms with Gasteiger partial charge in [0.05, 0.1) is 11.2 Å². The first-order valence-corrected chi connectivity index (χ1v) is 11.7. The van der Waals surface area contributed by atoms with Crippen LogP contribution in [-0.2, 0) is 10.0 Å². The van der Waals surface area contributed by atoms with E-state index in [2.05, 4.69) is 24.4 Å². The van der Waals surface area contributed by atoms with Gasteiger partial charge in [0.1, 0.15) is 12.1 Å². The summed E-state index contributed by atoms with van der Waals surface area (Å²) in [6, 6.07) is 5.39. The van der Waals surface area contributed by atoms with E-state index < -0.39 is 15.8 Å². The minimum atomic E-state index is -3.65. The van der Waals surface area contributed by atoms with E-state index >= 15 is 0 Å². The number of aromatic nitrogens is 4. The van der Waals surface area contributed by atoms with Crippen LogP contribution in [0.3, 0.4) is 0 Å². The zero-order valence-corrected chi connectivity index (χ0v) is 17.3. The third-order valence-electron chi connectivity index (χ3n) is 6.05. The summed E-state index contributed by atoms with van der Waals surface area (Å²) in [5.41, 5.74) is 1.60. The van der Waals surface area contributed by atoms with E-state index in [4.69, 9.17) is 0 Å². The zero-order valence-electron chi connectivity index (χ0n) is 16.5. The fourth-order valence-corrected chi connectivity index (χ4v) is 5.84. The molecule has 3 aromatic rings. The fraction of sp³-hybridized carbons (Fsp3) is 0.450. The number of anilines is 1. The lowest BCUT2D eigenvalue weighted by atomic mass is 10.2. The standard InChI is InChI=1S/C20H23FN6O2S/c21-15-5-7-17(8-6-15)30(28,29)26-11-9-25(10-12-26)19-18-20(23-13-22-19)27(14-24-18)16-3-1-2-4-16/h5-8,13-14,16H,1-4,9-12H2. The number of piperazine rings is 1. The SMILES string of the molecule is O=S(=O)(c1ccc(F)cc1)N1CCN(c2ncnc3c2ncn3C2CCCC2)CC1. The van der Waals surface area contributed by atoms with Crippen molar-refractivity contribution in [2.45, 2.75) is 36.6 Å². The van der Waals surface area contributed by atoms with E-state index in [0.29, 0.717) is 32.2 Å². The maximum Gasteiger partial charge on any atom is 0.243 e. The van der Waals surface area contributed by atoms with Crippen LogP contribution in [0.25, 0.3) is 11.2 Å². The van der Waals surface area contributed by atoms with Crippen LogP contribution in [0.1, 0.15) is 31.7 Å². The van der Waals surface area contributed by atoms with Crippen molar-refractivity contribution in [1.29, 1.82) is 0 Å². The highest BCUT2D eigenvalue weighted by molar-refractivity contribution is 7.89. The van der Waals surface area contributed by atoms with Gasteiger partial charge in [-0.05, 0) is 37.1 Å². The Morgan fingerprint density at radius 3 is 2.33 bits per heavy atom. The number of halogens is 1. The van der Waals surface area contributed by atoms with E-state index in [1.54, 1.807) is 6.33 Å². The summed E-state index contributed by atoms with van der Waals surface area (Å²) in [6.07, 6.45) is 8.16. The quantitative estimate of drug-likeness (QED) is 0.633. The Morgan fingerprint density at radius 1 is 0.933 bits per heavy atom. The van der Waals surface area contributed by atoms with Crippen molar-refractivity contribution in [2.24, 2.45) is 0 Å². The summed E-state index contributed by atoms with van der Waals surface area (Å²) in [6.45, 7) is 1.66. The van der Waals surface area contributed by atoms with Crippen LogP contribution in [0, 0.1) is 5.82 Å². The molecule has 0 atom stereocenters. The van der Waals surface area contributed by atoms with Crippen LogP contribution in [-0.4, -0.2) is 58.4 Å². The molecule has 0 spiro atoms. The largest absolute Gasteiger partial charge is 0.352 e. The first kappa shape index (κ1) is 19.4. The molecule has 1 saturated heterocycles. The van der Waals surface area contributed by atoms with Crippen molar-refractivity contribution in [3.8, 4) is 0 Å². The van der Waals surface area contributed by atoms with Gasteiger partial charge in [0.15, 0.2) is 17.0 Å². The summed E-state index contributed by atoms with van der Waals surface area (Å²) in [4.78, 5) is 15.7. The summed E-state index contributed by atoms with van der Waals surface area (Å²) in [5.74, 6) is 0.291. The number of hydrogen-bond donors (Lipinski definition) is 0. The first-order chi connectivity index (χ1) is 14.5. The Labute approximate surface area is 174 Å². The summed E-state index contributed by atoms with van der Waals surface area (Å²) in [7, 11) is -3.65. The van der Waals surface area contributed by atoms with Crippen LogP contribution in [0.4, 0.5) is 10.2 Å². The van der Waals surface area contributed by atoms with Crippen LogP contribution >= 0.6 is 0 Å². The molecule has 0 amide bonds. The third-order valence-corrected chi connectivity index (χ3v) is 7.96. The summed E-state index contributed by atoms with van der Waals surface area (Å²) in [5, 5.41) is 0. The third kappa shape index (κ3) is 3.33. The Hall–Kier alpha value is -2.59. The van der Waals surface area contributed by atoms with Gasteiger partial charge in [-0.3, -0.25) is 0 Å². The number of hydrogen-bond acceptors (Lipinski definition) is 6. The van der Waals surface area contributed by atoms with Crippen LogP contribution in [0.15, 0.2) is 41.8 Å². The second kappa shape index (κ2) is 7.59. The number of nitrogens with zero attached hydrogens (tertiary/aromatic N) is 6. The normalized spacial score (nSPS) is 19.0. The molecule has 8 nitrogen and oxygen atoms in total. The van der Waals surface area contributed by atoms with Gasteiger partial charge in [0.25, 0.3) is 0 Å². The number of rotatable bonds is 4. The van der Waals surface area contributed by atoms with Gasteiger partial charge in [-0.2, -0.15) is 4.31 Å². The molecule has 0 radical (unpaired) electrons. The molecule has 1 aliphatic carbocycles. The van der Waals surface area contributed by atoms with Crippen LogP contribution in [0.2, 0.25) is 0 Å². The predicted molar refractivity (Wildman–Crippen MR) is 110 cm³/mol. The van der Waals surface area contributed by atoms with Crippen LogP contribution < -0.4 is 4.90 Å². The average molecular weight is 431 g/mol. The van der Waals surface area contributed by atoms with Crippen molar-refractivity contribution < 1.29 is 12.8 Å². The molecule has 1 aliphatic heterocycles. The molecule has 1 saturated carbocycles. The molecule has 5 rings (SSSR count). The highest BCUT2D eigenvalue weighted by Gasteiger charge is 2.30. The summed E-state index contributed by atoms with van der Waals surface area (Å²) >= 11 is 0. The van der Waals surface area contributed by atoms with Crippen LogP contribution in [0.5, 0.6) is 0 Å². The minimum absolute atomic E-state index is 0.108. The van der Waals surface area contributed by atoms with Crippen molar-refractivity contribution in [3.05, 3.63) is 42.7 Å². The molecule has 158 valence electrons. The van der Waals surface area contributed by atoms with E-state index in [9.17, 15) is 12.8 Å². The predicted octanol–water partition coefficient (Wildman–Crippen LogP) is 2.59. The Balaban J connectivity index is 1.35. The average Bonchev–Trinajstić information content (AvgIpc) is 3.43. The van der Waals surface area contributed by atoms with Gasteiger partial charge in [-0.1, -0.05) is 12.8 Å². The highest BCUT2D eigenvalue weighted by atomic mass is 32.2. The molecule has 0 bridgehead atoms. The molecule has 2 aliphatic rings. The Morgan fingerprint density at radius 2 is 1.63 bits per heavy atom. The van der Waals surface area contributed by atoms with Gasteiger partial charge < -0.3 is 9.47 Å². The number of imidazole rings is 1. The second-order valence-corrected chi connectivity index (χ2v) is 9.74. The maximum absolute atomic E-state index is 13.1. The zero-order chi connectivity index (χ0) is 20.7. The van der Waals surface area contributed by atoms with E-state index in [1.807, 2.05) is 6.33 Å². The lowest BCUT2D eigenvalue weighted by Crippen LogP contribution is -2.49. The molecule has 3 heterocycles. The molecule has 2 aromatic heterocycles. The van der Waals surface area contributed by atoms with Crippen molar-refractivity contribution in [3.63, 3.8) is 0 Å². The van der Waals surface area contributed by atoms with Crippen molar-refractivity contribution in [1.82, 2.24) is 23.8 Å². The van der Waals surface area contributed by atoms with E-state index in [0.717, 1.165) is 29.8 Å². The molecule has 0 N–H and O–H groups in total. The Bertz CT molecular complexity index is 1150. The first-order valence-electron chi connectivity index (χ1n) is 10.2. The van der Waals surface area contributed by atoms with Gasteiger partial charge in [-0.25, -0.2) is 27.8 Å². The smallest absolute Gasteiger partial charge is 0.243 e.